The van der Waals surface area contributed by atoms with E-state index in [-0.39, 0.29) is 11.8 Å². The second-order valence-corrected chi connectivity index (χ2v) is 6.57. The largest absolute Gasteiger partial charge is 0.315 e. The molecule has 0 fully saturated rings. The minimum absolute atomic E-state index is 0.134. The van der Waals surface area contributed by atoms with Gasteiger partial charge >= 0.3 is 0 Å². The van der Waals surface area contributed by atoms with E-state index in [0.717, 1.165) is 18.7 Å². The monoisotopic (exact) mass is 291 g/mol. The molecule has 6 heteroatoms. The van der Waals surface area contributed by atoms with Crippen molar-refractivity contribution < 1.29 is 17.2 Å². The number of rotatable bonds is 7. The Hall–Kier alpha value is -1.01. The van der Waals surface area contributed by atoms with Crippen LogP contribution in [0.2, 0.25) is 0 Å². The van der Waals surface area contributed by atoms with Crippen LogP contribution in [-0.2, 0) is 9.84 Å². The lowest BCUT2D eigenvalue weighted by Crippen LogP contribution is -2.26. The number of sulfone groups is 1. The summed E-state index contributed by atoms with van der Waals surface area (Å²) >= 11 is 0. The molecule has 19 heavy (non-hydrogen) atoms. The fraction of sp³-hybridized carbons (Fsp3) is 0.538. The van der Waals surface area contributed by atoms with Crippen LogP contribution in [0.1, 0.15) is 26.7 Å². The van der Waals surface area contributed by atoms with Crippen molar-refractivity contribution in [3.05, 3.63) is 29.8 Å². The number of hydrogen-bond acceptors (Lipinski definition) is 3. The summed E-state index contributed by atoms with van der Waals surface area (Å²) in [5, 5.41) is 3.17. The molecule has 0 amide bonds. The van der Waals surface area contributed by atoms with E-state index in [1.54, 1.807) is 0 Å². The van der Waals surface area contributed by atoms with E-state index in [1.165, 1.54) is 0 Å². The molecule has 0 aliphatic carbocycles. The van der Waals surface area contributed by atoms with Gasteiger partial charge in [0.15, 0.2) is 9.84 Å². The highest BCUT2D eigenvalue weighted by molar-refractivity contribution is 7.91. The summed E-state index contributed by atoms with van der Waals surface area (Å²) < 4.78 is 50.0. The van der Waals surface area contributed by atoms with Gasteiger partial charge in [-0.3, -0.25) is 0 Å². The molecule has 0 radical (unpaired) electrons. The molecule has 0 saturated heterocycles. The molecule has 1 N–H and O–H groups in total. The van der Waals surface area contributed by atoms with Crippen LogP contribution in [0.15, 0.2) is 23.1 Å². The SMILES string of the molecule is CCNC(C)CCCS(=O)(=O)c1ccc(F)cc1F. The zero-order valence-electron chi connectivity index (χ0n) is 11.1. The van der Waals surface area contributed by atoms with E-state index in [0.29, 0.717) is 18.9 Å². The maximum absolute atomic E-state index is 13.4. The lowest BCUT2D eigenvalue weighted by atomic mass is 10.2. The maximum Gasteiger partial charge on any atom is 0.181 e. The fourth-order valence-corrected chi connectivity index (χ4v) is 3.27. The predicted molar refractivity (Wildman–Crippen MR) is 70.8 cm³/mol. The smallest absolute Gasteiger partial charge is 0.181 e. The maximum atomic E-state index is 13.4. The molecule has 0 saturated carbocycles. The van der Waals surface area contributed by atoms with Crippen LogP contribution in [0, 0.1) is 11.6 Å². The summed E-state index contributed by atoms with van der Waals surface area (Å²) in [5.74, 6) is -1.94. The van der Waals surface area contributed by atoms with E-state index >= 15 is 0 Å². The van der Waals surface area contributed by atoms with Crippen molar-refractivity contribution >= 4 is 9.84 Å². The molecular formula is C13H19F2NO2S. The quantitative estimate of drug-likeness (QED) is 0.785. The summed E-state index contributed by atoms with van der Waals surface area (Å²) in [6.07, 6.45) is 1.13. The number of nitrogens with one attached hydrogen (secondary N) is 1. The van der Waals surface area contributed by atoms with Crippen molar-refractivity contribution in [1.82, 2.24) is 5.32 Å². The molecule has 0 bridgehead atoms. The Labute approximate surface area is 112 Å². The van der Waals surface area contributed by atoms with Crippen molar-refractivity contribution in [2.45, 2.75) is 37.6 Å². The highest BCUT2D eigenvalue weighted by Gasteiger charge is 2.19. The van der Waals surface area contributed by atoms with Gasteiger partial charge in [0.2, 0.25) is 0 Å². The molecular weight excluding hydrogens is 272 g/mol. The van der Waals surface area contributed by atoms with Crippen molar-refractivity contribution in [2.75, 3.05) is 12.3 Å². The Morgan fingerprint density at radius 3 is 2.58 bits per heavy atom. The molecule has 0 spiro atoms. The van der Waals surface area contributed by atoms with Crippen molar-refractivity contribution in [3.8, 4) is 0 Å². The lowest BCUT2D eigenvalue weighted by Gasteiger charge is -2.12. The first-order valence-corrected chi connectivity index (χ1v) is 7.93. The normalized spacial score (nSPS) is 13.5. The molecule has 1 unspecified atom stereocenters. The molecule has 1 aromatic rings. The molecule has 0 aromatic heterocycles. The summed E-state index contributed by atoms with van der Waals surface area (Å²) in [6, 6.07) is 2.75. The van der Waals surface area contributed by atoms with Crippen molar-refractivity contribution in [1.29, 1.82) is 0 Å². The molecule has 0 aliphatic rings. The molecule has 1 atom stereocenters. The molecule has 3 nitrogen and oxygen atoms in total. The minimum Gasteiger partial charge on any atom is -0.315 e. The van der Waals surface area contributed by atoms with E-state index in [1.807, 2.05) is 13.8 Å². The first-order valence-electron chi connectivity index (χ1n) is 6.28. The third kappa shape index (κ3) is 4.87. The first kappa shape index (κ1) is 16.0. The van der Waals surface area contributed by atoms with Crippen LogP contribution in [0.25, 0.3) is 0 Å². The van der Waals surface area contributed by atoms with Crippen LogP contribution in [-0.4, -0.2) is 26.8 Å². The Balaban J connectivity index is 2.66. The van der Waals surface area contributed by atoms with Crippen LogP contribution in [0.4, 0.5) is 8.78 Å². The molecule has 1 rings (SSSR count). The summed E-state index contributed by atoms with van der Waals surface area (Å²) in [5.41, 5.74) is 0. The van der Waals surface area contributed by atoms with Crippen LogP contribution >= 0.6 is 0 Å². The van der Waals surface area contributed by atoms with Crippen molar-refractivity contribution in [3.63, 3.8) is 0 Å². The zero-order chi connectivity index (χ0) is 14.5. The topological polar surface area (TPSA) is 46.2 Å². The van der Waals surface area contributed by atoms with Crippen LogP contribution in [0.3, 0.4) is 0 Å². The van der Waals surface area contributed by atoms with E-state index < -0.39 is 26.4 Å². The van der Waals surface area contributed by atoms with Gasteiger partial charge in [-0.15, -0.1) is 0 Å². The van der Waals surface area contributed by atoms with Crippen LogP contribution < -0.4 is 5.32 Å². The Morgan fingerprint density at radius 2 is 2.00 bits per heavy atom. The van der Waals surface area contributed by atoms with E-state index in [4.69, 9.17) is 0 Å². The van der Waals surface area contributed by atoms with Gasteiger partial charge in [-0.2, -0.15) is 0 Å². The van der Waals surface area contributed by atoms with Gasteiger partial charge in [-0.05, 0) is 38.4 Å². The van der Waals surface area contributed by atoms with Gasteiger partial charge in [0.05, 0.1) is 5.75 Å². The zero-order valence-corrected chi connectivity index (χ0v) is 11.9. The standard InChI is InChI=1S/C13H19F2NO2S/c1-3-16-10(2)5-4-8-19(17,18)13-7-6-11(14)9-12(13)15/h6-7,9-10,16H,3-5,8H2,1-2H3. The van der Waals surface area contributed by atoms with Gasteiger partial charge in [0.25, 0.3) is 0 Å². The third-order valence-corrected chi connectivity index (χ3v) is 4.66. The highest BCUT2D eigenvalue weighted by atomic mass is 32.2. The average Bonchev–Trinajstić information content (AvgIpc) is 2.28. The Morgan fingerprint density at radius 1 is 1.32 bits per heavy atom. The van der Waals surface area contributed by atoms with Crippen LogP contribution in [0.5, 0.6) is 0 Å². The van der Waals surface area contributed by atoms with Crippen molar-refractivity contribution in [2.24, 2.45) is 0 Å². The molecule has 0 aliphatic heterocycles. The van der Waals surface area contributed by atoms with E-state index in [9.17, 15) is 17.2 Å². The first-order chi connectivity index (χ1) is 8.86. The van der Waals surface area contributed by atoms with Gasteiger partial charge in [-0.1, -0.05) is 6.92 Å². The molecule has 0 heterocycles. The lowest BCUT2D eigenvalue weighted by molar-refractivity contribution is 0.518. The predicted octanol–water partition coefficient (Wildman–Crippen LogP) is 2.52. The fourth-order valence-electron chi connectivity index (χ4n) is 1.87. The average molecular weight is 291 g/mol. The van der Waals surface area contributed by atoms with Gasteiger partial charge in [0, 0.05) is 12.1 Å². The highest BCUT2D eigenvalue weighted by Crippen LogP contribution is 2.18. The van der Waals surface area contributed by atoms with E-state index in [2.05, 4.69) is 5.32 Å². The summed E-state index contributed by atoms with van der Waals surface area (Å²) in [4.78, 5) is -0.426. The summed E-state index contributed by atoms with van der Waals surface area (Å²) in [7, 11) is -3.69. The van der Waals surface area contributed by atoms with Gasteiger partial charge < -0.3 is 5.32 Å². The second kappa shape index (κ2) is 6.96. The summed E-state index contributed by atoms with van der Waals surface area (Å²) in [6.45, 7) is 4.76. The van der Waals surface area contributed by atoms with Gasteiger partial charge in [0.1, 0.15) is 16.5 Å². The number of hydrogen-bond donors (Lipinski definition) is 1. The molecule has 108 valence electrons. The second-order valence-electron chi connectivity index (χ2n) is 4.49. The minimum atomic E-state index is -3.69. The number of benzene rings is 1. The van der Waals surface area contributed by atoms with Gasteiger partial charge in [-0.25, -0.2) is 17.2 Å². The third-order valence-electron chi connectivity index (χ3n) is 2.83. The number of halogens is 2. The Kier molecular flexibility index (Phi) is 5.87. The molecule has 1 aromatic carbocycles. The Bertz CT molecular complexity index is 517.